The average molecular weight is 197 g/mol. The maximum absolute atomic E-state index is 11.8. The van der Waals surface area contributed by atoms with Crippen LogP contribution in [0.15, 0.2) is 29.2 Å². The first-order chi connectivity index (χ1) is 6.16. The maximum atomic E-state index is 11.8. The van der Waals surface area contributed by atoms with Gasteiger partial charge in [-0.15, -0.1) is 0 Å². The summed E-state index contributed by atoms with van der Waals surface area (Å²) in [4.78, 5) is 0.903. The molecule has 2 unspecified atom stereocenters. The van der Waals surface area contributed by atoms with Crippen LogP contribution >= 0.6 is 0 Å². The minimum absolute atomic E-state index is 0.0288. The first kappa shape index (κ1) is 10.4. The van der Waals surface area contributed by atoms with Crippen molar-refractivity contribution in [2.24, 2.45) is 5.73 Å². The van der Waals surface area contributed by atoms with Crippen molar-refractivity contribution in [3.05, 3.63) is 29.8 Å². The molecule has 1 rings (SSSR count). The molecule has 3 heteroatoms. The van der Waals surface area contributed by atoms with Crippen molar-refractivity contribution >= 4 is 10.8 Å². The van der Waals surface area contributed by atoms with Crippen molar-refractivity contribution in [2.45, 2.75) is 24.0 Å². The maximum Gasteiger partial charge on any atom is 0.0573 e. The van der Waals surface area contributed by atoms with Crippen molar-refractivity contribution in [3.63, 3.8) is 0 Å². The molecule has 72 valence electrons. The molecular formula is C10H15NOS. The number of hydrogen-bond acceptors (Lipinski definition) is 2. The smallest absolute Gasteiger partial charge is 0.0573 e. The molecule has 0 aromatic heterocycles. The summed E-state index contributed by atoms with van der Waals surface area (Å²) in [7, 11) is -0.965. The van der Waals surface area contributed by atoms with E-state index in [-0.39, 0.29) is 5.25 Å². The molecule has 0 saturated heterocycles. The van der Waals surface area contributed by atoms with Gasteiger partial charge in [-0.2, -0.15) is 0 Å². The Morgan fingerprint density at radius 1 is 1.46 bits per heavy atom. The molecule has 1 aromatic rings. The summed E-state index contributed by atoms with van der Waals surface area (Å²) in [6.45, 7) is 4.33. The molecule has 0 spiro atoms. The van der Waals surface area contributed by atoms with Gasteiger partial charge in [0.2, 0.25) is 0 Å². The predicted molar refractivity (Wildman–Crippen MR) is 56.1 cm³/mol. The fourth-order valence-electron chi connectivity index (χ4n) is 1.09. The van der Waals surface area contributed by atoms with E-state index in [1.807, 2.05) is 38.1 Å². The summed E-state index contributed by atoms with van der Waals surface area (Å²) < 4.78 is 11.8. The van der Waals surface area contributed by atoms with Crippen LogP contribution in [0.2, 0.25) is 0 Å². The summed E-state index contributed by atoms with van der Waals surface area (Å²) in [5, 5.41) is 0.0288. The first-order valence-corrected chi connectivity index (χ1v) is 5.54. The lowest BCUT2D eigenvalue weighted by Crippen LogP contribution is -2.22. The molecule has 2 nitrogen and oxygen atoms in total. The van der Waals surface area contributed by atoms with Crippen molar-refractivity contribution < 1.29 is 4.21 Å². The Bertz CT molecular complexity index is 312. The predicted octanol–water partition coefficient (Wildman–Crippen LogP) is 1.45. The van der Waals surface area contributed by atoms with Gasteiger partial charge >= 0.3 is 0 Å². The van der Waals surface area contributed by atoms with E-state index in [1.54, 1.807) is 0 Å². The molecule has 0 fully saturated rings. The molecule has 0 aliphatic heterocycles. The third-order valence-electron chi connectivity index (χ3n) is 2.01. The third kappa shape index (κ3) is 2.39. The van der Waals surface area contributed by atoms with Crippen LogP contribution in [0.1, 0.15) is 12.5 Å². The molecule has 0 saturated carbocycles. The Kier molecular flexibility index (Phi) is 3.63. The molecule has 1 aromatic carbocycles. The summed E-state index contributed by atoms with van der Waals surface area (Å²) >= 11 is 0. The fourth-order valence-corrected chi connectivity index (χ4v) is 2.29. The third-order valence-corrected chi connectivity index (χ3v) is 3.82. The van der Waals surface area contributed by atoms with E-state index in [2.05, 4.69) is 0 Å². The van der Waals surface area contributed by atoms with Gasteiger partial charge in [-0.05, 0) is 25.5 Å². The highest BCUT2D eigenvalue weighted by Gasteiger charge is 2.12. The van der Waals surface area contributed by atoms with Crippen molar-refractivity contribution in [2.75, 3.05) is 6.54 Å². The molecule has 2 N–H and O–H groups in total. The van der Waals surface area contributed by atoms with Crippen LogP contribution in [0.4, 0.5) is 0 Å². The van der Waals surface area contributed by atoms with Gasteiger partial charge in [-0.1, -0.05) is 18.2 Å². The van der Waals surface area contributed by atoms with Gasteiger partial charge in [0.05, 0.1) is 10.8 Å². The SMILES string of the molecule is Cc1ccccc1S(=O)C(C)CN. The van der Waals surface area contributed by atoms with Crippen LogP contribution in [0.25, 0.3) is 0 Å². The first-order valence-electron chi connectivity index (χ1n) is 4.33. The average Bonchev–Trinajstić information content (AvgIpc) is 2.16. The lowest BCUT2D eigenvalue weighted by molar-refractivity contribution is 0.673. The highest BCUT2D eigenvalue weighted by Crippen LogP contribution is 2.14. The lowest BCUT2D eigenvalue weighted by atomic mass is 10.2. The van der Waals surface area contributed by atoms with Crippen LogP contribution in [0.5, 0.6) is 0 Å². The monoisotopic (exact) mass is 197 g/mol. The number of nitrogens with two attached hydrogens (primary N) is 1. The second kappa shape index (κ2) is 4.53. The highest BCUT2D eigenvalue weighted by molar-refractivity contribution is 7.85. The van der Waals surface area contributed by atoms with E-state index in [0.717, 1.165) is 10.5 Å². The highest BCUT2D eigenvalue weighted by atomic mass is 32.2. The molecule has 0 aliphatic rings. The zero-order valence-electron chi connectivity index (χ0n) is 7.99. The van der Waals surface area contributed by atoms with E-state index in [1.165, 1.54) is 0 Å². The van der Waals surface area contributed by atoms with Crippen LogP contribution in [0, 0.1) is 6.92 Å². The zero-order chi connectivity index (χ0) is 9.84. The van der Waals surface area contributed by atoms with E-state index in [4.69, 9.17) is 5.73 Å². The van der Waals surface area contributed by atoms with Gasteiger partial charge in [0.15, 0.2) is 0 Å². The largest absolute Gasteiger partial charge is 0.329 e. The zero-order valence-corrected chi connectivity index (χ0v) is 8.80. The van der Waals surface area contributed by atoms with E-state index in [9.17, 15) is 4.21 Å². The Labute approximate surface area is 81.6 Å². The molecule has 0 heterocycles. The Morgan fingerprint density at radius 3 is 2.62 bits per heavy atom. The van der Waals surface area contributed by atoms with Gasteiger partial charge in [-0.25, -0.2) is 0 Å². The molecule has 0 amide bonds. The molecule has 2 atom stereocenters. The van der Waals surface area contributed by atoms with E-state index < -0.39 is 10.8 Å². The molecule has 13 heavy (non-hydrogen) atoms. The quantitative estimate of drug-likeness (QED) is 0.797. The number of aryl methyl sites for hydroxylation is 1. The van der Waals surface area contributed by atoms with Crippen LogP contribution in [-0.4, -0.2) is 16.0 Å². The van der Waals surface area contributed by atoms with Crippen molar-refractivity contribution in [3.8, 4) is 0 Å². The number of rotatable bonds is 3. The van der Waals surface area contributed by atoms with Gasteiger partial charge in [-0.3, -0.25) is 4.21 Å². The summed E-state index contributed by atoms with van der Waals surface area (Å²) in [6, 6.07) is 7.72. The molecular weight excluding hydrogens is 182 g/mol. The van der Waals surface area contributed by atoms with Gasteiger partial charge in [0, 0.05) is 16.7 Å². The van der Waals surface area contributed by atoms with Gasteiger partial charge in [0.1, 0.15) is 0 Å². The van der Waals surface area contributed by atoms with Crippen molar-refractivity contribution in [1.82, 2.24) is 0 Å². The normalized spacial score (nSPS) is 15.3. The van der Waals surface area contributed by atoms with Gasteiger partial charge in [0.25, 0.3) is 0 Å². The summed E-state index contributed by atoms with van der Waals surface area (Å²) in [5.74, 6) is 0. The van der Waals surface area contributed by atoms with Crippen LogP contribution < -0.4 is 5.73 Å². The molecule has 0 radical (unpaired) electrons. The Balaban J connectivity index is 2.95. The fraction of sp³-hybridized carbons (Fsp3) is 0.400. The lowest BCUT2D eigenvalue weighted by Gasteiger charge is -2.10. The minimum atomic E-state index is -0.965. The van der Waals surface area contributed by atoms with Crippen LogP contribution in [-0.2, 0) is 10.8 Å². The van der Waals surface area contributed by atoms with E-state index in [0.29, 0.717) is 6.54 Å². The Hall–Kier alpha value is -0.670. The molecule has 0 bridgehead atoms. The van der Waals surface area contributed by atoms with E-state index >= 15 is 0 Å². The second-order valence-corrected chi connectivity index (χ2v) is 4.95. The topological polar surface area (TPSA) is 43.1 Å². The van der Waals surface area contributed by atoms with Crippen molar-refractivity contribution in [1.29, 1.82) is 0 Å². The van der Waals surface area contributed by atoms with Gasteiger partial charge < -0.3 is 5.73 Å². The standard InChI is InChI=1S/C10H15NOS/c1-8-5-3-4-6-10(8)13(12)9(2)7-11/h3-6,9H,7,11H2,1-2H3. The minimum Gasteiger partial charge on any atom is -0.329 e. The number of hydrogen-bond donors (Lipinski definition) is 1. The summed E-state index contributed by atoms with van der Waals surface area (Å²) in [6.07, 6.45) is 0. The second-order valence-electron chi connectivity index (χ2n) is 3.11. The van der Waals surface area contributed by atoms with Crippen LogP contribution in [0.3, 0.4) is 0 Å². The molecule has 0 aliphatic carbocycles. The number of benzene rings is 1. The Morgan fingerprint density at radius 2 is 2.08 bits per heavy atom. The summed E-state index contributed by atoms with van der Waals surface area (Å²) in [5.41, 5.74) is 6.54.